The largest absolute Gasteiger partial charge is 0.376 e. The molecule has 1 atom stereocenters. The standard InChI is InChI=1S/C18H26N2O3S/c1-3-20(12-15-8-6-7-11-23-15)18(22)13-24-17-10-5-4-9-16(17)19-14(2)21/h4-5,9-10,15H,3,6-8,11-13H2,1-2H3,(H,19,21). The number of nitrogens with one attached hydrogen (secondary N) is 1. The van der Waals surface area contributed by atoms with Crippen molar-refractivity contribution in [3.8, 4) is 0 Å². The minimum Gasteiger partial charge on any atom is -0.376 e. The van der Waals surface area contributed by atoms with Crippen LogP contribution in [0.5, 0.6) is 0 Å². The number of ether oxygens (including phenoxy) is 1. The molecule has 1 unspecified atom stereocenters. The van der Waals surface area contributed by atoms with E-state index in [2.05, 4.69) is 5.32 Å². The fourth-order valence-corrected chi connectivity index (χ4v) is 3.63. The molecule has 1 saturated heterocycles. The van der Waals surface area contributed by atoms with Crippen molar-refractivity contribution < 1.29 is 14.3 Å². The summed E-state index contributed by atoms with van der Waals surface area (Å²) in [6.45, 7) is 5.64. The Morgan fingerprint density at radius 1 is 1.33 bits per heavy atom. The van der Waals surface area contributed by atoms with E-state index in [4.69, 9.17) is 4.74 Å². The van der Waals surface area contributed by atoms with Crippen LogP contribution < -0.4 is 5.32 Å². The molecule has 1 aromatic rings. The van der Waals surface area contributed by atoms with Crippen molar-refractivity contribution in [2.45, 2.75) is 44.1 Å². The van der Waals surface area contributed by atoms with Crippen LogP contribution in [-0.2, 0) is 14.3 Å². The van der Waals surface area contributed by atoms with Gasteiger partial charge in [-0.15, -0.1) is 11.8 Å². The van der Waals surface area contributed by atoms with Crippen LogP contribution in [0.25, 0.3) is 0 Å². The first kappa shape index (κ1) is 18.8. The zero-order chi connectivity index (χ0) is 17.4. The number of rotatable bonds is 7. The van der Waals surface area contributed by atoms with E-state index in [9.17, 15) is 9.59 Å². The molecule has 1 aliphatic heterocycles. The van der Waals surface area contributed by atoms with Crippen molar-refractivity contribution >= 4 is 29.3 Å². The van der Waals surface area contributed by atoms with Crippen LogP contribution in [0.4, 0.5) is 5.69 Å². The number of para-hydroxylation sites is 1. The fourth-order valence-electron chi connectivity index (χ4n) is 2.72. The van der Waals surface area contributed by atoms with Crippen LogP contribution in [0.2, 0.25) is 0 Å². The topological polar surface area (TPSA) is 58.6 Å². The highest BCUT2D eigenvalue weighted by molar-refractivity contribution is 8.00. The summed E-state index contributed by atoms with van der Waals surface area (Å²) in [5.74, 6) is 0.352. The van der Waals surface area contributed by atoms with Crippen molar-refractivity contribution in [1.29, 1.82) is 0 Å². The molecule has 0 saturated carbocycles. The summed E-state index contributed by atoms with van der Waals surface area (Å²) in [6, 6.07) is 7.55. The Kier molecular flexibility index (Phi) is 7.59. The number of hydrogen-bond donors (Lipinski definition) is 1. The van der Waals surface area contributed by atoms with Crippen LogP contribution >= 0.6 is 11.8 Å². The Balaban J connectivity index is 1.90. The van der Waals surface area contributed by atoms with Gasteiger partial charge >= 0.3 is 0 Å². The van der Waals surface area contributed by atoms with E-state index >= 15 is 0 Å². The van der Waals surface area contributed by atoms with E-state index in [1.54, 1.807) is 0 Å². The molecule has 1 aliphatic rings. The molecule has 5 nitrogen and oxygen atoms in total. The van der Waals surface area contributed by atoms with Gasteiger partial charge in [-0.05, 0) is 38.3 Å². The molecule has 0 radical (unpaired) electrons. The smallest absolute Gasteiger partial charge is 0.233 e. The van der Waals surface area contributed by atoms with Crippen molar-refractivity contribution in [2.24, 2.45) is 0 Å². The first-order chi connectivity index (χ1) is 11.6. The van der Waals surface area contributed by atoms with Crippen LogP contribution in [-0.4, -0.2) is 48.3 Å². The third kappa shape index (κ3) is 5.83. The molecule has 0 bridgehead atoms. The van der Waals surface area contributed by atoms with E-state index < -0.39 is 0 Å². The number of thioether (sulfide) groups is 1. The number of amides is 2. The summed E-state index contributed by atoms with van der Waals surface area (Å²) >= 11 is 1.46. The zero-order valence-electron chi connectivity index (χ0n) is 14.4. The summed E-state index contributed by atoms with van der Waals surface area (Å²) in [5, 5.41) is 2.80. The summed E-state index contributed by atoms with van der Waals surface area (Å²) in [6.07, 6.45) is 3.49. The Labute approximate surface area is 148 Å². The molecule has 6 heteroatoms. The average molecular weight is 350 g/mol. The molecule has 132 valence electrons. The van der Waals surface area contributed by atoms with Gasteiger partial charge in [0.15, 0.2) is 0 Å². The molecule has 0 spiro atoms. The number of benzene rings is 1. The maximum atomic E-state index is 12.5. The molecular weight excluding hydrogens is 324 g/mol. The van der Waals surface area contributed by atoms with Gasteiger partial charge in [-0.2, -0.15) is 0 Å². The van der Waals surface area contributed by atoms with Crippen molar-refractivity contribution in [1.82, 2.24) is 4.90 Å². The van der Waals surface area contributed by atoms with Gasteiger partial charge in [-0.3, -0.25) is 9.59 Å². The lowest BCUT2D eigenvalue weighted by Crippen LogP contribution is -2.40. The highest BCUT2D eigenvalue weighted by Crippen LogP contribution is 2.27. The maximum Gasteiger partial charge on any atom is 0.233 e. The van der Waals surface area contributed by atoms with Gasteiger partial charge in [0.2, 0.25) is 11.8 Å². The maximum absolute atomic E-state index is 12.5. The zero-order valence-corrected chi connectivity index (χ0v) is 15.2. The van der Waals surface area contributed by atoms with E-state index in [1.807, 2.05) is 36.1 Å². The number of hydrogen-bond acceptors (Lipinski definition) is 4. The third-order valence-electron chi connectivity index (χ3n) is 3.98. The van der Waals surface area contributed by atoms with E-state index in [-0.39, 0.29) is 17.9 Å². The summed E-state index contributed by atoms with van der Waals surface area (Å²) < 4.78 is 5.74. The molecule has 2 amide bonds. The predicted molar refractivity (Wildman–Crippen MR) is 97.3 cm³/mol. The number of nitrogens with zero attached hydrogens (tertiary/aromatic N) is 1. The number of anilines is 1. The molecule has 1 heterocycles. The predicted octanol–water partition coefficient (Wildman–Crippen LogP) is 3.15. The third-order valence-corrected chi connectivity index (χ3v) is 5.04. The second-order valence-electron chi connectivity index (χ2n) is 5.89. The fraction of sp³-hybridized carbons (Fsp3) is 0.556. The Bertz CT molecular complexity index is 559. The lowest BCUT2D eigenvalue weighted by Gasteiger charge is -2.29. The summed E-state index contributed by atoms with van der Waals surface area (Å²) in [4.78, 5) is 26.6. The minimum atomic E-state index is -0.112. The highest BCUT2D eigenvalue weighted by atomic mass is 32.2. The number of likely N-dealkylation sites (N-methyl/N-ethyl adjacent to an activating group) is 1. The van der Waals surface area contributed by atoms with E-state index in [0.717, 1.165) is 30.0 Å². The first-order valence-electron chi connectivity index (χ1n) is 8.49. The normalized spacial score (nSPS) is 17.3. The van der Waals surface area contributed by atoms with E-state index in [0.29, 0.717) is 18.8 Å². The highest BCUT2D eigenvalue weighted by Gasteiger charge is 2.20. The van der Waals surface area contributed by atoms with Gasteiger partial charge in [0, 0.05) is 31.5 Å². The molecule has 1 fully saturated rings. The lowest BCUT2D eigenvalue weighted by molar-refractivity contribution is -0.130. The monoisotopic (exact) mass is 350 g/mol. The van der Waals surface area contributed by atoms with E-state index in [1.165, 1.54) is 25.1 Å². The van der Waals surface area contributed by atoms with Crippen LogP contribution in [0.15, 0.2) is 29.2 Å². The average Bonchev–Trinajstić information content (AvgIpc) is 2.59. The molecule has 1 N–H and O–H groups in total. The van der Waals surface area contributed by atoms with Crippen molar-refractivity contribution in [2.75, 3.05) is 30.8 Å². The van der Waals surface area contributed by atoms with Gasteiger partial charge < -0.3 is 15.0 Å². The molecule has 0 aliphatic carbocycles. The van der Waals surface area contributed by atoms with Gasteiger partial charge in [0.1, 0.15) is 0 Å². The molecule has 1 aromatic carbocycles. The summed E-state index contributed by atoms with van der Waals surface area (Å²) in [5.41, 5.74) is 0.751. The molecule has 24 heavy (non-hydrogen) atoms. The van der Waals surface area contributed by atoms with Crippen LogP contribution in [0, 0.1) is 0 Å². The van der Waals surface area contributed by atoms with Crippen molar-refractivity contribution in [3.05, 3.63) is 24.3 Å². The SMILES string of the molecule is CCN(CC1CCCCO1)C(=O)CSc1ccccc1NC(C)=O. The van der Waals surface area contributed by atoms with Gasteiger partial charge in [-0.1, -0.05) is 12.1 Å². The van der Waals surface area contributed by atoms with Gasteiger partial charge in [0.05, 0.1) is 17.5 Å². The van der Waals surface area contributed by atoms with Gasteiger partial charge in [0.25, 0.3) is 0 Å². The Morgan fingerprint density at radius 3 is 2.79 bits per heavy atom. The molecular formula is C18H26N2O3S. The number of carbonyl (C=O) groups excluding carboxylic acids is 2. The lowest BCUT2D eigenvalue weighted by atomic mass is 10.1. The second kappa shape index (κ2) is 9.69. The molecule has 2 rings (SSSR count). The first-order valence-corrected chi connectivity index (χ1v) is 9.47. The quantitative estimate of drug-likeness (QED) is 0.768. The Morgan fingerprint density at radius 2 is 2.12 bits per heavy atom. The summed E-state index contributed by atoms with van der Waals surface area (Å²) in [7, 11) is 0. The minimum absolute atomic E-state index is 0.106. The second-order valence-corrected chi connectivity index (χ2v) is 6.90. The van der Waals surface area contributed by atoms with Crippen molar-refractivity contribution in [3.63, 3.8) is 0 Å². The Hall–Kier alpha value is -1.53. The number of carbonyl (C=O) groups is 2. The molecule has 0 aromatic heterocycles. The van der Waals surface area contributed by atoms with Gasteiger partial charge in [-0.25, -0.2) is 0 Å². The van der Waals surface area contributed by atoms with Crippen LogP contribution in [0.1, 0.15) is 33.1 Å². The van der Waals surface area contributed by atoms with Crippen LogP contribution in [0.3, 0.4) is 0 Å².